The largest absolute Gasteiger partial charge is 0.398 e. The maximum absolute atomic E-state index is 11.6. The number of nitrogens with zero attached hydrogens (tertiary/aromatic N) is 1. The molecule has 1 aromatic carbocycles. The number of likely N-dealkylation sites (N-methyl/N-ethyl adjacent to an activating group) is 1. The first kappa shape index (κ1) is 12.7. The fraction of sp³-hybridized carbons (Fsp3) is 0.273. The quantitative estimate of drug-likeness (QED) is 0.520. The van der Waals surface area contributed by atoms with Crippen molar-refractivity contribution in [3.63, 3.8) is 0 Å². The molecule has 0 aliphatic carbocycles. The highest BCUT2D eigenvalue weighted by Crippen LogP contribution is 2.14. The second-order valence-corrected chi connectivity index (χ2v) is 3.55. The summed E-state index contributed by atoms with van der Waals surface area (Å²) >= 11 is 3.37. The summed E-state index contributed by atoms with van der Waals surface area (Å²) in [6, 6.07) is 7.53. The smallest absolute Gasteiger partial charge is 0.273 e. The van der Waals surface area contributed by atoms with Crippen LogP contribution in [-0.2, 0) is 15.0 Å². The number of hydrogen-bond donors (Lipinski definition) is 1. The number of halogens is 1. The Labute approximate surface area is 103 Å². The summed E-state index contributed by atoms with van der Waals surface area (Å²) in [6.07, 6.45) is 0. The van der Waals surface area contributed by atoms with E-state index < -0.39 is 0 Å². The molecule has 0 spiro atoms. The molecule has 0 unspecified atom stereocenters. The number of oxime groups is 1. The lowest BCUT2D eigenvalue weighted by atomic mass is 10.0. The minimum atomic E-state index is -0.268. The lowest BCUT2D eigenvalue weighted by molar-refractivity contribution is -0.114. The van der Waals surface area contributed by atoms with Gasteiger partial charge in [-0.3, -0.25) is 4.79 Å². The molecule has 16 heavy (non-hydrogen) atoms. The monoisotopic (exact) mass is 284 g/mol. The van der Waals surface area contributed by atoms with E-state index in [-0.39, 0.29) is 11.6 Å². The number of carbonyl (C=O) groups excluding carboxylic acids is 1. The summed E-state index contributed by atoms with van der Waals surface area (Å²) in [5, 5.41) is 6.95. The Hall–Kier alpha value is -1.36. The molecule has 0 saturated carbocycles. The molecular weight excluding hydrogens is 272 g/mol. The highest BCUT2D eigenvalue weighted by Gasteiger charge is 2.16. The summed E-state index contributed by atoms with van der Waals surface area (Å²) in [4.78, 5) is 16.3. The van der Waals surface area contributed by atoms with E-state index in [2.05, 4.69) is 26.4 Å². The van der Waals surface area contributed by atoms with E-state index in [0.29, 0.717) is 5.33 Å². The van der Waals surface area contributed by atoms with Crippen LogP contribution in [0.5, 0.6) is 0 Å². The third kappa shape index (κ3) is 2.82. The van der Waals surface area contributed by atoms with Crippen LogP contribution < -0.4 is 5.32 Å². The Bertz CT molecular complexity index is 405. The van der Waals surface area contributed by atoms with Crippen molar-refractivity contribution in [3.8, 4) is 0 Å². The van der Waals surface area contributed by atoms with Crippen molar-refractivity contribution in [2.45, 2.75) is 5.33 Å². The van der Waals surface area contributed by atoms with Gasteiger partial charge >= 0.3 is 0 Å². The molecule has 4 nitrogen and oxygen atoms in total. The number of carbonyl (C=O) groups is 1. The van der Waals surface area contributed by atoms with Crippen LogP contribution in [-0.4, -0.2) is 25.8 Å². The molecule has 0 aromatic heterocycles. The Morgan fingerprint density at radius 3 is 2.75 bits per heavy atom. The van der Waals surface area contributed by atoms with E-state index >= 15 is 0 Å². The lowest BCUT2D eigenvalue weighted by Crippen LogP contribution is -2.29. The molecule has 5 heteroatoms. The van der Waals surface area contributed by atoms with Crippen LogP contribution in [0.3, 0.4) is 0 Å². The predicted molar refractivity (Wildman–Crippen MR) is 66.7 cm³/mol. The normalized spacial score (nSPS) is 11.1. The highest BCUT2D eigenvalue weighted by molar-refractivity contribution is 9.08. The minimum absolute atomic E-state index is 0.268. The standard InChI is InChI=1S/C11H13BrN2O2/c1-13-11(15)10(14-16-2)9-6-4-3-5-8(9)7-12/h3-6H,7H2,1-2H3,(H,13,15)/b14-10-. The molecule has 0 bridgehead atoms. The van der Waals surface area contributed by atoms with Gasteiger partial charge in [-0.1, -0.05) is 45.4 Å². The first-order valence-corrected chi connectivity index (χ1v) is 5.84. The fourth-order valence-corrected chi connectivity index (χ4v) is 1.78. The zero-order valence-electron chi connectivity index (χ0n) is 9.16. The summed E-state index contributed by atoms with van der Waals surface area (Å²) in [5.74, 6) is -0.268. The van der Waals surface area contributed by atoms with Crippen molar-refractivity contribution < 1.29 is 9.63 Å². The van der Waals surface area contributed by atoms with E-state index in [4.69, 9.17) is 4.84 Å². The van der Waals surface area contributed by atoms with Gasteiger partial charge < -0.3 is 10.2 Å². The molecule has 1 aromatic rings. The summed E-state index contributed by atoms with van der Waals surface area (Å²) < 4.78 is 0. The molecular formula is C11H13BrN2O2. The summed E-state index contributed by atoms with van der Waals surface area (Å²) in [5.41, 5.74) is 2.03. The van der Waals surface area contributed by atoms with Crippen molar-refractivity contribution in [2.75, 3.05) is 14.2 Å². The van der Waals surface area contributed by atoms with E-state index in [1.165, 1.54) is 7.11 Å². The minimum Gasteiger partial charge on any atom is -0.398 e. The van der Waals surface area contributed by atoms with Crippen molar-refractivity contribution in [2.24, 2.45) is 5.16 Å². The van der Waals surface area contributed by atoms with Crippen LogP contribution >= 0.6 is 15.9 Å². The van der Waals surface area contributed by atoms with E-state index in [1.807, 2.05) is 24.3 Å². The number of nitrogens with one attached hydrogen (secondary N) is 1. The van der Waals surface area contributed by atoms with Gasteiger partial charge in [0.05, 0.1) is 0 Å². The van der Waals surface area contributed by atoms with Gasteiger partial charge in [-0.15, -0.1) is 0 Å². The summed E-state index contributed by atoms with van der Waals surface area (Å²) in [7, 11) is 2.98. The third-order valence-corrected chi connectivity index (χ3v) is 2.65. The average Bonchev–Trinajstić information content (AvgIpc) is 2.35. The lowest BCUT2D eigenvalue weighted by Gasteiger charge is -2.08. The molecule has 1 amide bonds. The van der Waals surface area contributed by atoms with Gasteiger partial charge in [-0.25, -0.2) is 0 Å². The van der Waals surface area contributed by atoms with E-state index in [9.17, 15) is 4.79 Å². The second kappa shape index (κ2) is 6.27. The van der Waals surface area contributed by atoms with Crippen LogP contribution in [0.4, 0.5) is 0 Å². The molecule has 1 rings (SSSR count). The van der Waals surface area contributed by atoms with Crippen LogP contribution in [0.15, 0.2) is 29.4 Å². The molecule has 0 aliphatic rings. The Kier molecular flexibility index (Phi) is 4.98. The topological polar surface area (TPSA) is 50.7 Å². The number of benzene rings is 1. The maximum atomic E-state index is 11.6. The third-order valence-electron chi connectivity index (χ3n) is 2.04. The molecule has 0 aliphatic heterocycles. The van der Waals surface area contributed by atoms with Crippen LogP contribution in [0, 0.1) is 0 Å². The zero-order chi connectivity index (χ0) is 12.0. The SMILES string of the molecule is CNC(=O)/C(=N\OC)c1ccccc1CBr. The van der Waals surface area contributed by atoms with Crippen LogP contribution in [0.25, 0.3) is 0 Å². The predicted octanol–water partition coefficient (Wildman–Crippen LogP) is 1.68. The highest BCUT2D eigenvalue weighted by atomic mass is 79.9. The molecule has 0 atom stereocenters. The van der Waals surface area contributed by atoms with Gasteiger partial charge in [-0.05, 0) is 5.56 Å². The van der Waals surface area contributed by atoms with Gasteiger partial charge in [0, 0.05) is 17.9 Å². The van der Waals surface area contributed by atoms with Gasteiger partial charge in [0.25, 0.3) is 5.91 Å². The molecule has 86 valence electrons. The second-order valence-electron chi connectivity index (χ2n) is 2.99. The Morgan fingerprint density at radius 2 is 2.19 bits per heavy atom. The van der Waals surface area contributed by atoms with E-state index in [1.54, 1.807) is 7.05 Å². The fourth-order valence-electron chi connectivity index (χ4n) is 1.29. The van der Waals surface area contributed by atoms with Crippen molar-refractivity contribution in [1.29, 1.82) is 0 Å². The molecule has 0 saturated heterocycles. The molecule has 0 radical (unpaired) electrons. The Morgan fingerprint density at radius 1 is 1.50 bits per heavy atom. The van der Waals surface area contributed by atoms with Gasteiger partial charge in [0.2, 0.25) is 0 Å². The van der Waals surface area contributed by atoms with Gasteiger partial charge in [0.15, 0.2) is 5.71 Å². The average molecular weight is 285 g/mol. The summed E-state index contributed by atoms with van der Waals surface area (Å²) in [6.45, 7) is 0. The van der Waals surface area contributed by atoms with Gasteiger partial charge in [0.1, 0.15) is 7.11 Å². The molecule has 0 fully saturated rings. The first-order valence-electron chi connectivity index (χ1n) is 4.72. The van der Waals surface area contributed by atoms with Crippen LogP contribution in [0.2, 0.25) is 0 Å². The molecule has 1 N–H and O–H groups in total. The van der Waals surface area contributed by atoms with Crippen LogP contribution in [0.1, 0.15) is 11.1 Å². The number of alkyl halides is 1. The zero-order valence-corrected chi connectivity index (χ0v) is 10.7. The first-order chi connectivity index (χ1) is 7.74. The van der Waals surface area contributed by atoms with E-state index in [0.717, 1.165) is 11.1 Å². The van der Waals surface area contributed by atoms with Crippen molar-refractivity contribution >= 4 is 27.5 Å². The van der Waals surface area contributed by atoms with Crippen molar-refractivity contribution in [1.82, 2.24) is 5.32 Å². The van der Waals surface area contributed by atoms with Crippen molar-refractivity contribution in [3.05, 3.63) is 35.4 Å². The maximum Gasteiger partial charge on any atom is 0.273 e. The number of hydrogen-bond acceptors (Lipinski definition) is 3. The Balaban J connectivity index is 3.21. The van der Waals surface area contributed by atoms with Gasteiger partial charge in [-0.2, -0.15) is 0 Å². The number of rotatable bonds is 4. The number of amides is 1. The molecule has 0 heterocycles.